The van der Waals surface area contributed by atoms with Crippen LogP contribution >= 0.6 is 0 Å². The summed E-state index contributed by atoms with van der Waals surface area (Å²) in [6, 6.07) is 9.58. The lowest BCUT2D eigenvalue weighted by molar-refractivity contribution is -0.386. The second-order valence-corrected chi connectivity index (χ2v) is 3.37. The molecule has 0 radical (unpaired) electrons. The van der Waals surface area contributed by atoms with Crippen molar-refractivity contribution in [2.24, 2.45) is 0 Å². The molecule has 1 aromatic heterocycles. The molecule has 92 valence electrons. The molecule has 0 saturated carbocycles. The quantitative estimate of drug-likeness (QED) is 0.612. The second-order valence-electron chi connectivity index (χ2n) is 3.37. The molecule has 18 heavy (non-hydrogen) atoms. The van der Waals surface area contributed by atoms with Gasteiger partial charge in [0.05, 0.1) is 12.0 Å². The Morgan fingerprint density at radius 1 is 1.22 bits per heavy atom. The molecule has 0 aliphatic heterocycles. The highest BCUT2D eigenvalue weighted by Crippen LogP contribution is 2.29. The lowest BCUT2D eigenvalue weighted by Crippen LogP contribution is -1.95. The van der Waals surface area contributed by atoms with Crippen LogP contribution in [-0.4, -0.2) is 17.0 Å². The zero-order chi connectivity index (χ0) is 13.0. The first kappa shape index (κ1) is 11.8. The van der Waals surface area contributed by atoms with Crippen LogP contribution in [0.1, 0.15) is 0 Å². The molecule has 0 unspecified atom stereocenters. The third-order valence-electron chi connectivity index (χ3n) is 2.20. The van der Waals surface area contributed by atoms with Crippen molar-refractivity contribution < 1.29 is 14.4 Å². The maximum atomic E-state index is 10.8. The topological polar surface area (TPSA) is 74.5 Å². The van der Waals surface area contributed by atoms with Gasteiger partial charge in [-0.05, 0) is 18.2 Å². The molecule has 2 rings (SSSR count). The zero-order valence-electron chi connectivity index (χ0n) is 9.57. The van der Waals surface area contributed by atoms with E-state index in [1.165, 1.54) is 25.4 Å². The number of hydrogen-bond donors (Lipinski definition) is 0. The van der Waals surface area contributed by atoms with Crippen LogP contribution in [0.3, 0.4) is 0 Å². The first-order valence-corrected chi connectivity index (χ1v) is 5.12. The van der Waals surface area contributed by atoms with Gasteiger partial charge in [-0.1, -0.05) is 6.07 Å². The largest absolute Gasteiger partial charge is 0.497 e. The third-order valence-corrected chi connectivity index (χ3v) is 2.20. The molecule has 0 amide bonds. The fourth-order valence-corrected chi connectivity index (χ4v) is 1.38. The number of pyridine rings is 1. The zero-order valence-corrected chi connectivity index (χ0v) is 9.57. The van der Waals surface area contributed by atoms with Gasteiger partial charge in [-0.2, -0.15) is 0 Å². The summed E-state index contributed by atoms with van der Waals surface area (Å²) in [6.45, 7) is 0. The van der Waals surface area contributed by atoms with E-state index in [1.807, 2.05) is 0 Å². The summed E-state index contributed by atoms with van der Waals surface area (Å²) in [5.41, 5.74) is -0.180. The molecule has 0 N–H and O–H groups in total. The van der Waals surface area contributed by atoms with E-state index in [9.17, 15) is 10.1 Å². The molecule has 1 heterocycles. The van der Waals surface area contributed by atoms with E-state index >= 15 is 0 Å². The van der Waals surface area contributed by atoms with E-state index in [0.29, 0.717) is 11.5 Å². The minimum absolute atomic E-state index is 0.0456. The van der Waals surface area contributed by atoms with E-state index in [2.05, 4.69) is 4.98 Å². The Hall–Kier alpha value is -2.63. The van der Waals surface area contributed by atoms with Gasteiger partial charge in [0.15, 0.2) is 0 Å². The van der Waals surface area contributed by atoms with E-state index in [-0.39, 0.29) is 11.6 Å². The molecule has 6 heteroatoms. The summed E-state index contributed by atoms with van der Waals surface area (Å²) >= 11 is 0. The Labute approximate surface area is 103 Å². The van der Waals surface area contributed by atoms with Gasteiger partial charge < -0.3 is 9.47 Å². The molecule has 0 saturated heterocycles. The van der Waals surface area contributed by atoms with Gasteiger partial charge in [0, 0.05) is 18.3 Å². The molecule has 0 aliphatic rings. The van der Waals surface area contributed by atoms with Gasteiger partial charge in [-0.25, -0.2) is 4.98 Å². The number of benzene rings is 1. The number of rotatable bonds is 4. The molecule has 0 aliphatic carbocycles. The highest BCUT2D eigenvalue weighted by Gasteiger charge is 2.16. The average Bonchev–Trinajstić information content (AvgIpc) is 2.39. The van der Waals surface area contributed by atoms with Crippen molar-refractivity contribution in [3.8, 4) is 17.4 Å². The van der Waals surface area contributed by atoms with Gasteiger partial charge in [-0.15, -0.1) is 0 Å². The summed E-state index contributed by atoms with van der Waals surface area (Å²) in [7, 11) is 1.53. The van der Waals surface area contributed by atoms with Gasteiger partial charge in [0.2, 0.25) is 0 Å². The Kier molecular flexibility index (Phi) is 3.38. The highest BCUT2D eigenvalue weighted by molar-refractivity contribution is 5.43. The minimum Gasteiger partial charge on any atom is -0.497 e. The van der Waals surface area contributed by atoms with E-state index in [1.54, 1.807) is 24.3 Å². The van der Waals surface area contributed by atoms with Crippen LogP contribution in [0, 0.1) is 10.1 Å². The van der Waals surface area contributed by atoms with Crippen molar-refractivity contribution >= 4 is 5.69 Å². The Morgan fingerprint density at radius 2 is 2.00 bits per heavy atom. The van der Waals surface area contributed by atoms with Crippen molar-refractivity contribution in [2.75, 3.05) is 7.11 Å². The number of nitro groups is 1. The monoisotopic (exact) mass is 246 g/mol. The van der Waals surface area contributed by atoms with E-state index in [0.717, 1.165) is 0 Å². The fourth-order valence-electron chi connectivity index (χ4n) is 1.38. The summed E-state index contributed by atoms with van der Waals surface area (Å²) in [5, 5.41) is 10.8. The molecule has 0 bridgehead atoms. The standard InChI is InChI=1S/C12H10N2O4/c1-17-9-4-2-5-10(8-9)18-12-11(14(15)16)6-3-7-13-12/h2-8H,1H3. The van der Waals surface area contributed by atoms with Crippen molar-refractivity contribution in [3.63, 3.8) is 0 Å². The number of nitrogens with zero attached hydrogens (tertiary/aromatic N) is 2. The van der Waals surface area contributed by atoms with Crippen LogP contribution in [0.4, 0.5) is 5.69 Å². The van der Waals surface area contributed by atoms with Crippen molar-refractivity contribution in [1.82, 2.24) is 4.98 Å². The highest BCUT2D eigenvalue weighted by atomic mass is 16.6. The maximum absolute atomic E-state index is 10.8. The molecular formula is C12H10N2O4. The number of methoxy groups -OCH3 is 1. The molecule has 6 nitrogen and oxygen atoms in total. The summed E-state index contributed by atoms with van der Waals surface area (Å²) < 4.78 is 10.4. The molecular weight excluding hydrogens is 236 g/mol. The van der Waals surface area contributed by atoms with Crippen molar-refractivity contribution in [2.45, 2.75) is 0 Å². The van der Waals surface area contributed by atoms with Gasteiger partial charge in [0.25, 0.3) is 5.88 Å². The molecule has 0 atom stereocenters. The summed E-state index contributed by atoms with van der Waals surface area (Å²) in [5.74, 6) is 0.984. The average molecular weight is 246 g/mol. The van der Waals surface area contributed by atoms with Gasteiger partial charge in [-0.3, -0.25) is 10.1 Å². The van der Waals surface area contributed by atoms with E-state index < -0.39 is 4.92 Å². The number of ether oxygens (including phenoxy) is 2. The summed E-state index contributed by atoms with van der Waals surface area (Å²) in [6.07, 6.45) is 1.43. The smallest absolute Gasteiger partial charge is 0.331 e. The van der Waals surface area contributed by atoms with Crippen LogP contribution in [0.25, 0.3) is 0 Å². The third kappa shape index (κ3) is 2.54. The Balaban J connectivity index is 2.31. The number of aromatic nitrogens is 1. The van der Waals surface area contributed by atoms with Crippen molar-refractivity contribution in [1.29, 1.82) is 0 Å². The Morgan fingerprint density at radius 3 is 2.72 bits per heavy atom. The van der Waals surface area contributed by atoms with Crippen LogP contribution in [0.2, 0.25) is 0 Å². The van der Waals surface area contributed by atoms with Gasteiger partial charge in [0.1, 0.15) is 11.5 Å². The Bertz CT molecular complexity index is 572. The molecule has 2 aromatic rings. The lowest BCUT2D eigenvalue weighted by atomic mass is 10.3. The first-order chi connectivity index (χ1) is 8.70. The fraction of sp³-hybridized carbons (Fsp3) is 0.0833. The molecule has 0 fully saturated rings. The second kappa shape index (κ2) is 5.13. The first-order valence-electron chi connectivity index (χ1n) is 5.12. The lowest BCUT2D eigenvalue weighted by Gasteiger charge is -2.06. The minimum atomic E-state index is -0.539. The molecule has 0 spiro atoms. The number of hydrogen-bond acceptors (Lipinski definition) is 5. The van der Waals surface area contributed by atoms with Crippen LogP contribution in [0.5, 0.6) is 17.4 Å². The van der Waals surface area contributed by atoms with Crippen molar-refractivity contribution in [3.05, 3.63) is 52.7 Å². The maximum Gasteiger partial charge on any atom is 0.331 e. The molecule has 1 aromatic carbocycles. The predicted octanol–water partition coefficient (Wildman–Crippen LogP) is 2.79. The normalized spacial score (nSPS) is 9.83. The van der Waals surface area contributed by atoms with E-state index in [4.69, 9.17) is 9.47 Å². The summed E-state index contributed by atoms with van der Waals surface area (Å²) in [4.78, 5) is 14.1. The van der Waals surface area contributed by atoms with Crippen LogP contribution in [-0.2, 0) is 0 Å². The predicted molar refractivity (Wildman–Crippen MR) is 64.0 cm³/mol. The van der Waals surface area contributed by atoms with Crippen LogP contribution < -0.4 is 9.47 Å². The SMILES string of the molecule is COc1cccc(Oc2ncccc2[N+](=O)[O-])c1. The van der Waals surface area contributed by atoms with Crippen LogP contribution in [0.15, 0.2) is 42.6 Å². The van der Waals surface area contributed by atoms with Gasteiger partial charge >= 0.3 is 5.69 Å².